The number of carbonyl (C=O) groups is 1. The Labute approximate surface area is 174 Å². The van der Waals surface area contributed by atoms with Crippen LogP contribution in [0.4, 0.5) is 0 Å². The lowest BCUT2D eigenvalue weighted by Crippen LogP contribution is -3.13. The second-order valence-corrected chi connectivity index (χ2v) is 7.05. The second kappa shape index (κ2) is 10.6. The first kappa shape index (κ1) is 22.4. The Balaban J connectivity index is 0.00000280. The van der Waals surface area contributed by atoms with Crippen molar-refractivity contribution in [2.75, 3.05) is 26.3 Å². The van der Waals surface area contributed by atoms with Gasteiger partial charge in [0.05, 0.1) is 13.1 Å². The quantitative estimate of drug-likeness (QED) is 0.609. The lowest BCUT2D eigenvalue weighted by molar-refractivity contribution is -0.910. The van der Waals surface area contributed by atoms with E-state index in [4.69, 9.17) is 9.47 Å². The molecule has 152 valence electrons. The van der Waals surface area contributed by atoms with Gasteiger partial charge in [-0.2, -0.15) is 0 Å². The predicted octanol–water partition coefficient (Wildman–Crippen LogP) is -0.419. The van der Waals surface area contributed by atoms with E-state index in [1.54, 1.807) is 0 Å². The van der Waals surface area contributed by atoms with Gasteiger partial charge in [-0.15, -0.1) is 0 Å². The van der Waals surface area contributed by atoms with Gasteiger partial charge in [0.15, 0.2) is 0 Å². The molecule has 5 heteroatoms. The average molecular weight is 404 g/mol. The van der Waals surface area contributed by atoms with Crippen LogP contribution in [0.25, 0.3) is 0 Å². The number of halogens is 1. The number of carbonyl (C=O) groups excluding carboxylic acids is 1. The van der Waals surface area contributed by atoms with Crippen LogP contribution in [0.3, 0.4) is 0 Å². The largest absolute Gasteiger partial charge is 1.00 e. The molecule has 2 atom stereocenters. The standard InChI is InChI=1S/C23H29NO3.ClH/c1-3-24-17-11-16-21(24)18-26-22(25)23(27-4-2,19-12-7-5-8-13-19)20-14-9-6-10-15-20;/h5-10,12-15,21H,3-4,11,16-18H2,1-2H3;1H. The summed E-state index contributed by atoms with van der Waals surface area (Å²) in [5, 5.41) is 0. The van der Waals surface area contributed by atoms with E-state index in [0.29, 0.717) is 19.3 Å². The molecule has 1 aliphatic rings. The molecule has 2 aromatic carbocycles. The van der Waals surface area contributed by atoms with Gasteiger partial charge in [-0.05, 0) is 25.0 Å². The fourth-order valence-electron chi connectivity index (χ4n) is 4.12. The smallest absolute Gasteiger partial charge is 0.348 e. The molecular formula is C23H30ClNO3. The fourth-order valence-corrected chi connectivity index (χ4v) is 4.12. The molecule has 0 saturated carbocycles. The molecule has 1 aliphatic heterocycles. The third kappa shape index (κ3) is 4.57. The molecule has 28 heavy (non-hydrogen) atoms. The van der Waals surface area contributed by atoms with Crippen LogP contribution in [-0.4, -0.2) is 38.3 Å². The van der Waals surface area contributed by atoms with Crippen molar-refractivity contribution >= 4 is 5.97 Å². The zero-order chi connectivity index (χ0) is 19.1. The maximum atomic E-state index is 13.5. The molecule has 2 unspecified atom stereocenters. The van der Waals surface area contributed by atoms with Crippen molar-refractivity contribution in [2.24, 2.45) is 0 Å². The summed E-state index contributed by atoms with van der Waals surface area (Å²) in [5.41, 5.74) is 0.366. The fraction of sp³-hybridized carbons (Fsp3) is 0.435. The Morgan fingerprint density at radius 3 is 2.11 bits per heavy atom. The summed E-state index contributed by atoms with van der Waals surface area (Å²) < 4.78 is 12.1. The van der Waals surface area contributed by atoms with Crippen molar-refractivity contribution in [3.63, 3.8) is 0 Å². The second-order valence-electron chi connectivity index (χ2n) is 7.05. The number of quaternary nitrogens is 1. The van der Waals surface area contributed by atoms with Gasteiger partial charge in [-0.1, -0.05) is 60.7 Å². The van der Waals surface area contributed by atoms with Gasteiger partial charge in [0.25, 0.3) is 0 Å². The number of likely N-dealkylation sites (N-methyl/N-ethyl adjacent to an activating group) is 1. The minimum Gasteiger partial charge on any atom is -1.00 e. The lowest BCUT2D eigenvalue weighted by Gasteiger charge is -2.33. The minimum atomic E-state index is -1.23. The normalized spacial score (nSPS) is 19.1. The third-order valence-electron chi connectivity index (χ3n) is 5.51. The van der Waals surface area contributed by atoms with Gasteiger partial charge < -0.3 is 26.8 Å². The van der Waals surface area contributed by atoms with Gasteiger partial charge in [0.1, 0.15) is 12.6 Å². The van der Waals surface area contributed by atoms with Crippen LogP contribution in [-0.2, 0) is 19.9 Å². The van der Waals surface area contributed by atoms with E-state index in [-0.39, 0.29) is 18.4 Å². The highest BCUT2D eigenvalue weighted by molar-refractivity contribution is 5.85. The highest BCUT2D eigenvalue weighted by Gasteiger charge is 2.45. The van der Waals surface area contributed by atoms with Gasteiger partial charge in [-0.3, -0.25) is 0 Å². The van der Waals surface area contributed by atoms with Gasteiger partial charge >= 0.3 is 5.97 Å². The Kier molecular flexibility index (Phi) is 8.49. The summed E-state index contributed by atoms with van der Waals surface area (Å²) >= 11 is 0. The number of ether oxygens (including phenoxy) is 2. The van der Waals surface area contributed by atoms with E-state index in [9.17, 15) is 4.79 Å². The molecule has 1 saturated heterocycles. The molecule has 3 rings (SSSR count). The maximum absolute atomic E-state index is 13.5. The first-order valence-corrected chi connectivity index (χ1v) is 9.99. The topological polar surface area (TPSA) is 40.0 Å². The average Bonchev–Trinajstić information content (AvgIpc) is 3.19. The van der Waals surface area contributed by atoms with Crippen LogP contribution in [0.1, 0.15) is 37.8 Å². The van der Waals surface area contributed by atoms with Crippen molar-refractivity contribution in [2.45, 2.75) is 38.3 Å². The van der Waals surface area contributed by atoms with E-state index in [1.807, 2.05) is 67.6 Å². The summed E-state index contributed by atoms with van der Waals surface area (Å²) in [5.74, 6) is -0.330. The van der Waals surface area contributed by atoms with Crippen LogP contribution >= 0.6 is 0 Å². The SMILES string of the molecule is CCOC(C(=O)OCC1CCC[NH+]1CC)(c1ccccc1)c1ccccc1.[Cl-]. The Morgan fingerprint density at radius 1 is 1.04 bits per heavy atom. The summed E-state index contributed by atoms with van der Waals surface area (Å²) in [6.45, 7) is 7.18. The van der Waals surface area contributed by atoms with Crippen LogP contribution in [0.2, 0.25) is 0 Å². The number of benzene rings is 2. The first-order valence-electron chi connectivity index (χ1n) is 9.99. The van der Waals surface area contributed by atoms with Gasteiger partial charge in [0.2, 0.25) is 5.60 Å². The van der Waals surface area contributed by atoms with Crippen molar-refractivity contribution in [3.8, 4) is 0 Å². The highest BCUT2D eigenvalue weighted by atomic mass is 35.5. The van der Waals surface area contributed by atoms with Crippen molar-refractivity contribution in [3.05, 3.63) is 71.8 Å². The molecule has 1 N–H and O–H groups in total. The number of hydrogen-bond acceptors (Lipinski definition) is 3. The number of nitrogens with one attached hydrogen (secondary N) is 1. The van der Waals surface area contributed by atoms with Gasteiger partial charge in [0, 0.05) is 19.4 Å². The van der Waals surface area contributed by atoms with E-state index < -0.39 is 5.60 Å². The van der Waals surface area contributed by atoms with Crippen LogP contribution in [0.15, 0.2) is 60.7 Å². The number of rotatable bonds is 8. The minimum absolute atomic E-state index is 0. The molecule has 2 aromatic rings. The van der Waals surface area contributed by atoms with E-state index in [0.717, 1.165) is 30.6 Å². The van der Waals surface area contributed by atoms with Crippen LogP contribution in [0.5, 0.6) is 0 Å². The van der Waals surface area contributed by atoms with Crippen LogP contribution in [0, 0.1) is 0 Å². The lowest BCUT2D eigenvalue weighted by atomic mass is 9.86. The summed E-state index contributed by atoms with van der Waals surface area (Å²) in [7, 11) is 0. The number of likely N-dealkylation sites (tertiary alicyclic amines) is 1. The first-order chi connectivity index (χ1) is 13.2. The predicted molar refractivity (Wildman–Crippen MR) is 106 cm³/mol. The Morgan fingerprint density at radius 2 is 1.61 bits per heavy atom. The molecule has 0 aromatic heterocycles. The molecular weight excluding hydrogens is 374 g/mol. The summed E-state index contributed by atoms with van der Waals surface area (Å²) in [6, 6.07) is 19.7. The van der Waals surface area contributed by atoms with Crippen molar-refractivity contribution in [1.82, 2.24) is 0 Å². The molecule has 0 bridgehead atoms. The monoisotopic (exact) mass is 403 g/mol. The molecule has 0 amide bonds. The van der Waals surface area contributed by atoms with E-state index in [2.05, 4.69) is 6.92 Å². The molecule has 0 aliphatic carbocycles. The van der Waals surface area contributed by atoms with Crippen LogP contribution < -0.4 is 17.3 Å². The number of hydrogen-bond donors (Lipinski definition) is 1. The van der Waals surface area contributed by atoms with E-state index >= 15 is 0 Å². The zero-order valence-corrected chi connectivity index (χ0v) is 17.5. The molecule has 1 fully saturated rings. The third-order valence-corrected chi connectivity index (χ3v) is 5.51. The zero-order valence-electron chi connectivity index (χ0n) is 16.7. The van der Waals surface area contributed by atoms with Crippen molar-refractivity contribution in [1.29, 1.82) is 0 Å². The summed E-state index contributed by atoms with van der Waals surface area (Å²) in [6.07, 6.45) is 2.30. The molecule has 0 radical (unpaired) electrons. The molecule has 0 spiro atoms. The maximum Gasteiger partial charge on any atom is 0.348 e. The van der Waals surface area contributed by atoms with E-state index in [1.165, 1.54) is 11.3 Å². The summed E-state index contributed by atoms with van der Waals surface area (Å²) in [4.78, 5) is 15.0. The molecule has 4 nitrogen and oxygen atoms in total. The molecule has 1 heterocycles. The number of esters is 1. The van der Waals surface area contributed by atoms with Crippen molar-refractivity contribution < 1.29 is 31.6 Å². The Bertz CT molecular complexity index is 684. The van der Waals surface area contributed by atoms with Gasteiger partial charge in [-0.25, -0.2) is 4.79 Å². The Hall–Kier alpha value is -1.88. The highest BCUT2D eigenvalue weighted by Crippen LogP contribution is 2.35.